The minimum absolute atomic E-state index is 0.318. The van der Waals surface area contributed by atoms with Gasteiger partial charge in [-0.2, -0.15) is 0 Å². The van der Waals surface area contributed by atoms with Gasteiger partial charge in [0.2, 0.25) is 0 Å². The zero-order chi connectivity index (χ0) is 19.9. The van der Waals surface area contributed by atoms with Gasteiger partial charge in [0.05, 0.1) is 6.10 Å². The number of benzene rings is 2. The van der Waals surface area contributed by atoms with Crippen LogP contribution < -0.4 is 0 Å². The van der Waals surface area contributed by atoms with Crippen LogP contribution in [0.2, 0.25) is 0 Å². The van der Waals surface area contributed by atoms with Crippen molar-refractivity contribution in [3.05, 3.63) is 48.0 Å². The summed E-state index contributed by atoms with van der Waals surface area (Å²) in [4.78, 5) is 0. The zero-order valence-corrected chi connectivity index (χ0v) is 18.2. The number of fused-ring (bicyclic) bond motifs is 1. The molecule has 2 aromatic carbocycles. The fourth-order valence-corrected chi connectivity index (χ4v) is 4.11. The van der Waals surface area contributed by atoms with Crippen LogP contribution in [-0.2, 0) is 0 Å². The normalized spacial score (nSPS) is 12.5. The Kier molecular flexibility index (Phi) is 12.0. The van der Waals surface area contributed by atoms with Gasteiger partial charge in [0.15, 0.2) is 0 Å². The van der Waals surface area contributed by atoms with Gasteiger partial charge in [-0.15, -0.1) is 0 Å². The van der Waals surface area contributed by atoms with Gasteiger partial charge >= 0.3 is 0 Å². The van der Waals surface area contributed by atoms with Gasteiger partial charge in [-0.3, -0.25) is 0 Å². The molecule has 0 aliphatic rings. The number of hydrogen-bond donors (Lipinski definition) is 1. The molecule has 0 unspecified atom stereocenters. The predicted molar refractivity (Wildman–Crippen MR) is 124 cm³/mol. The van der Waals surface area contributed by atoms with Gasteiger partial charge in [0, 0.05) is 0 Å². The first-order valence-corrected chi connectivity index (χ1v) is 12.0. The molecule has 0 saturated carbocycles. The average Bonchev–Trinajstić information content (AvgIpc) is 2.73. The summed E-state index contributed by atoms with van der Waals surface area (Å²) in [6.07, 6.45) is 19.8. The van der Waals surface area contributed by atoms with Gasteiger partial charge in [0.1, 0.15) is 0 Å². The first-order chi connectivity index (χ1) is 13.8. The molecule has 2 rings (SSSR count). The molecule has 0 radical (unpaired) electrons. The minimum atomic E-state index is -0.318. The SMILES string of the molecule is CCCCCCCCCCCCCCCC[C@@H](O)c1ccc2ccccc2c1. The summed E-state index contributed by atoms with van der Waals surface area (Å²) < 4.78 is 0. The molecule has 2 aromatic rings. The summed E-state index contributed by atoms with van der Waals surface area (Å²) in [6.45, 7) is 2.28. The number of aliphatic hydroxyl groups excluding tert-OH is 1. The second kappa shape index (κ2) is 14.6. The molecule has 156 valence electrons. The molecular weight excluding hydrogens is 340 g/mol. The van der Waals surface area contributed by atoms with Gasteiger partial charge in [-0.05, 0) is 28.8 Å². The quantitative estimate of drug-likeness (QED) is 0.288. The number of unbranched alkanes of at least 4 members (excludes halogenated alkanes) is 13. The molecule has 0 aliphatic heterocycles. The van der Waals surface area contributed by atoms with Crippen LogP contribution in [0.15, 0.2) is 42.5 Å². The van der Waals surface area contributed by atoms with Crippen LogP contribution >= 0.6 is 0 Å². The highest BCUT2D eigenvalue weighted by Gasteiger charge is 2.07. The lowest BCUT2D eigenvalue weighted by Gasteiger charge is -2.12. The Morgan fingerprint density at radius 1 is 0.607 bits per heavy atom. The van der Waals surface area contributed by atoms with Crippen molar-refractivity contribution in [3.8, 4) is 0 Å². The fraction of sp³-hybridized carbons (Fsp3) is 0.630. The van der Waals surface area contributed by atoms with Crippen LogP contribution in [0.25, 0.3) is 10.8 Å². The van der Waals surface area contributed by atoms with Gasteiger partial charge in [-0.25, -0.2) is 0 Å². The molecule has 1 heteroatoms. The Hall–Kier alpha value is -1.34. The third-order valence-corrected chi connectivity index (χ3v) is 5.99. The van der Waals surface area contributed by atoms with E-state index in [0.29, 0.717) is 0 Å². The van der Waals surface area contributed by atoms with Crippen molar-refractivity contribution in [2.75, 3.05) is 0 Å². The maximum absolute atomic E-state index is 10.5. The number of rotatable bonds is 16. The highest BCUT2D eigenvalue weighted by Crippen LogP contribution is 2.24. The third kappa shape index (κ3) is 9.24. The molecule has 1 atom stereocenters. The lowest BCUT2D eigenvalue weighted by atomic mass is 9.99. The first-order valence-electron chi connectivity index (χ1n) is 12.0. The van der Waals surface area contributed by atoms with E-state index < -0.39 is 0 Å². The lowest BCUT2D eigenvalue weighted by Crippen LogP contribution is -1.97. The molecule has 0 fully saturated rings. The van der Waals surface area contributed by atoms with Crippen molar-refractivity contribution in [2.24, 2.45) is 0 Å². The first kappa shape index (κ1) is 22.9. The van der Waals surface area contributed by atoms with E-state index in [2.05, 4.69) is 49.4 Å². The predicted octanol–water partition coefficient (Wildman–Crippen LogP) is 8.74. The Morgan fingerprint density at radius 2 is 1.11 bits per heavy atom. The Labute approximate surface area is 173 Å². The van der Waals surface area contributed by atoms with E-state index in [-0.39, 0.29) is 6.10 Å². The van der Waals surface area contributed by atoms with E-state index >= 15 is 0 Å². The molecule has 1 nitrogen and oxygen atoms in total. The standard InChI is InChI=1S/C27H42O/c1-2-3-4-5-6-7-8-9-10-11-12-13-14-15-20-27(28)26-22-21-24-18-16-17-19-25(24)23-26/h16-19,21-23,27-28H,2-15,20H2,1H3/t27-/m1/s1. The maximum Gasteiger partial charge on any atom is 0.0790 e. The van der Waals surface area contributed by atoms with E-state index in [1.54, 1.807) is 0 Å². The summed E-state index contributed by atoms with van der Waals surface area (Å²) in [5, 5.41) is 12.9. The Bertz CT molecular complexity index is 633. The van der Waals surface area contributed by atoms with Crippen molar-refractivity contribution in [2.45, 2.75) is 109 Å². The molecule has 1 N–H and O–H groups in total. The van der Waals surface area contributed by atoms with Crippen LogP contribution in [0.3, 0.4) is 0 Å². The topological polar surface area (TPSA) is 20.2 Å². The highest BCUT2D eigenvalue weighted by molar-refractivity contribution is 5.83. The molecule has 0 aromatic heterocycles. The van der Waals surface area contributed by atoms with Crippen LogP contribution in [0.5, 0.6) is 0 Å². The van der Waals surface area contributed by atoms with E-state index in [1.165, 1.54) is 94.2 Å². The molecule has 0 bridgehead atoms. The van der Waals surface area contributed by atoms with Crippen molar-refractivity contribution in [1.29, 1.82) is 0 Å². The van der Waals surface area contributed by atoms with Crippen molar-refractivity contribution >= 4 is 10.8 Å². The lowest BCUT2D eigenvalue weighted by molar-refractivity contribution is 0.163. The van der Waals surface area contributed by atoms with Crippen LogP contribution in [-0.4, -0.2) is 5.11 Å². The van der Waals surface area contributed by atoms with E-state index in [4.69, 9.17) is 0 Å². The van der Waals surface area contributed by atoms with Gasteiger partial charge < -0.3 is 5.11 Å². The molecule has 0 aliphatic carbocycles. The second-order valence-electron chi connectivity index (χ2n) is 8.51. The smallest absolute Gasteiger partial charge is 0.0790 e. The van der Waals surface area contributed by atoms with E-state index in [1.807, 2.05) is 0 Å². The summed E-state index contributed by atoms with van der Waals surface area (Å²) in [5.74, 6) is 0. The van der Waals surface area contributed by atoms with Crippen molar-refractivity contribution < 1.29 is 5.11 Å². The van der Waals surface area contributed by atoms with E-state index in [9.17, 15) is 5.11 Å². The van der Waals surface area contributed by atoms with Crippen LogP contribution in [0.4, 0.5) is 0 Å². The minimum Gasteiger partial charge on any atom is -0.388 e. The third-order valence-electron chi connectivity index (χ3n) is 5.99. The summed E-state index contributed by atoms with van der Waals surface area (Å²) in [5.41, 5.74) is 1.06. The zero-order valence-electron chi connectivity index (χ0n) is 18.2. The monoisotopic (exact) mass is 382 g/mol. The van der Waals surface area contributed by atoms with Crippen LogP contribution in [0, 0.1) is 0 Å². The van der Waals surface area contributed by atoms with Gasteiger partial charge in [-0.1, -0.05) is 133 Å². The summed E-state index contributed by atoms with van der Waals surface area (Å²) >= 11 is 0. The van der Waals surface area contributed by atoms with Gasteiger partial charge in [0.25, 0.3) is 0 Å². The Morgan fingerprint density at radius 3 is 1.68 bits per heavy atom. The molecule has 0 amide bonds. The maximum atomic E-state index is 10.5. The summed E-state index contributed by atoms with van der Waals surface area (Å²) in [7, 11) is 0. The fourth-order valence-electron chi connectivity index (χ4n) is 4.11. The molecule has 0 saturated heterocycles. The average molecular weight is 383 g/mol. The van der Waals surface area contributed by atoms with E-state index in [0.717, 1.165) is 18.4 Å². The van der Waals surface area contributed by atoms with Crippen molar-refractivity contribution in [1.82, 2.24) is 0 Å². The molecule has 0 heterocycles. The number of aliphatic hydroxyl groups is 1. The molecular formula is C27H42O. The molecule has 0 spiro atoms. The Balaban J connectivity index is 1.43. The largest absolute Gasteiger partial charge is 0.388 e. The highest BCUT2D eigenvalue weighted by atomic mass is 16.3. The number of hydrogen-bond acceptors (Lipinski definition) is 1. The molecule has 28 heavy (non-hydrogen) atoms. The second-order valence-corrected chi connectivity index (χ2v) is 8.51. The summed E-state index contributed by atoms with van der Waals surface area (Å²) in [6, 6.07) is 14.7. The van der Waals surface area contributed by atoms with Crippen LogP contribution in [0.1, 0.15) is 115 Å². The van der Waals surface area contributed by atoms with Crippen molar-refractivity contribution in [3.63, 3.8) is 0 Å².